The van der Waals surface area contributed by atoms with Gasteiger partial charge in [0.15, 0.2) is 11.2 Å². The van der Waals surface area contributed by atoms with E-state index in [0.717, 1.165) is 5.56 Å². The van der Waals surface area contributed by atoms with Gasteiger partial charge < -0.3 is 14.3 Å². The van der Waals surface area contributed by atoms with Gasteiger partial charge in [0.1, 0.15) is 22.8 Å². The van der Waals surface area contributed by atoms with Crippen LogP contribution in [0.3, 0.4) is 0 Å². The second-order valence-corrected chi connectivity index (χ2v) is 8.50. The normalized spacial score (nSPS) is 11.2. The van der Waals surface area contributed by atoms with E-state index in [1.165, 1.54) is 18.2 Å². The van der Waals surface area contributed by atoms with Gasteiger partial charge >= 0.3 is 0 Å². The third-order valence-corrected chi connectivity index (χ3v) is 6.07. The van der Waals surface area contributed by atoms with Crippen LogP contribution in [0, 0.1) is 12.7 Å². The van der Waals surface area contributed by atoms with Crippen LogP contribution < -0.4 is 5.32 Å². The third-order valence-electron chi connectivity index (χ3n) is 5.76. The van der Waals surface area contributed by atoms with Crippen LogP contribution in [0.15, 0.2) is 75.9 Å². The van der Waals surface area contributed by atoms with E-state index >= 15 is 0 Å². The Morgan fingerprint density at radius 2 is 1.95 bits per heavy atom. The van der Waals surface area contributed by atoms with Gasteiger partial charge in [0, 0.05) is 17.4 Å². The van der Waals surface area contributed by atoms with Crippen molar-refractivity contribution in [3.63, 3.8) is 0 Å². The molecule has 2 N–H and O–H groups in total. The van der Waals surface area contributed by atoms with Crippen molar-refractivity contribution in [1.82, 2.24) is 25.3 Å². The monoisotopic (exact) mass is 514 g/mol. The fourth-order valence-corrected chi connectivity index (χ4v) is 4.25. The topological polar surface area (TPSA) is 123 Å². The number of hydrogen-bond acceptors (Lipinski definition) is 7. The number of nitrogens with one attached hydrogen (secondary N) is 2. The Labute approximate surface area is 213 Å². The van der Waals surface area contributed by atoms with Crippen molar-refractivity contribution in [2.45, 2.75) is 6.92 Å². The molecule has 2 aromatic carbocycles. The van der Waals surface area contributed by atoms with E-state index in [9.17, 15) is 9.18 Å². The number of aromatic nitrogens is 5. The molecule has 0 saturated heterocycles. The largest absolute Gasteiger partial charge is 0.434 e. The van der Waals surface area contributed by atoms with Gasteiger partial charge in [0.2, 0.25) is 5.89 Å². The number of aryl methyl sites for hydroxylation is 1. The smallest absolute Gasteiger partial charge is 0.261 e. The predicted octanol–water partition coefficient (Wildman–Crippen LogP) is 6.29. The lowest BCUT2D eigenvalue weighted by Gasteiger charge is -2.08. The predicted molar refractivity (Wildman–Crippen MR) is 134 cm³/mol. The third kappa shape index (κ3) is 4.03. The van der Waals surface area contributed by atoms with Crippen LogP contribution in [0.2, 0.25) is 5.02 Å². The summed E-state index contributed by atoms with van der Waals surface area (Å²) in [6.45, 7) is 1.57. The summed E-state index contributed by atoms with van der Waals surface area (Å²) in [4.78, 5) is 21.8. The van der Waals surface area contributed by atoms with Gasteiger partial charge in [-0.15, -0.1) is 0 Å². The van der Waals surface area contributed by atoms with Crippen LogP contribution in [0.5, 0.6) is 0 Å². The van der Waals surface area contributed by atoms with E-state index in [1.54, 1.807) is 43.6 Å². The first kappa shape index (κ1) is 22.6. The highest BCUT2D eigenvalue weighted by atomic mass is 35.5. The first-order valence-electron chi connectivity index (χ1n) is 11.1. The first-order chi connectivity index (χ1) is 18.0. The number of oxazole rings is 1. The number of nitrogens with zero attached hydrogens (tertiary/aromatic N) is 4. The van der Waals surface area contributed by atoms with E-state index in [0.29, 0.717) is 34.1 Å². The maximum atomic E-state index is 14.5. The molecule has 0 radical (unpaired) electrons. The second kappa shape index (κ2) is 8.99. The Morgan fingerprint density at radius 1 is 1.11 bits per heavy atom. The van der Waals surface area contributed by atoms with Gasteiger partial charge in [0.05, 0.1) is 28.0 Å². The summed E-state index contributed by atoms with van der Waals surface area (Å²) in [6, 6.07) is 14.9. The number of carbonyl (C=O) groups excluding carboxylic acids is 1. The first-order valence-corrected chi connectivity index (χ1v) is 11.4. The molecule has 0 fully saturated rings. The summed E-state index contributed by atoms with van der Waals surface area (Å²) in [5.41, 5.74) is 3.86. The number of fused-ring (bicyclic) bond motifs is 1. The Morgan fingerprint density at radius 3 is 2.73 bits per heavy atom. The molecular weight excluding hydrogens is 499 g/mol. The maximum absolute atomic E-state index is 14.5. The fourth-order valence-electron chi connectivity index (χ4n) is 4.00. The van der Waals surface area contributed by atoms with E-state index in [2.05, 4.69) is 30.6 Å². The Bertz CT molecular complexity index is 1720. The summed E-state index contributed by atoms with van der Waals surface area (Å²) >= 11 is 6.18. The number of halogens is 2. The SMILES string of the molecule is Cc1onc(-c2c(F)cccc2Cl)c1C(=O)Nc1ccc(-c2[nH]ncc2-c2nc3ncccc3o2)cc1. The zero-order chi connectivity index (χ0) is 25.5. The summed E-state index contributed by atoms with van der Waals surface area (Å²) in [6.07, 6.45) is 3.27. The van der Waals surface area contributed by atoms with Crippen molar-refractivity contribution < 1.29 is 18.1 Å². The molecule has 0 bridgehead atoms. The lowest BCUT2D eigenvalue weighted by molar-refractivity contribution is 0.102. The molecule has 1 amide bonds. The summed E-state index contributed by atoms with van der Waals surface area (Å²) < 4.78 is 25.5. The molecule has 9 nitrogen and oxygen atoms in total. The van der Waals surface area contributed by atoms with Crippen LogP contribution in [0.25, 0.3) is 45.2 Å². The summed E-state index contributed by atoms with van der Waals surface area (Å²) in [7, 11) is 0. The molecule has 0 unspecified atom stereocenters. The number of hydrogen-bond donors (Lipinski definition) is 2. The molecule has 4 heterocycles. The number of amides is 1. The average Bonchev–Trinajstić information content (AvgIpc) is 3.62. The van der Waals surface area contributed by atoms with Crippen molar-refractivity contribution in [2.75, 3.05) is 5.32 Å². The van der Waals surface area contributed by atoms with Crippen molar-refractivity contribution in [3.05, 3.63) is 89.2 Å². The summed E-state index contributed by atoms with van der Waals surface area (Å²) in [5, 5.41) is 13.9. The van der Waals surface area contributed by atoms with Gasteiger partial charge in [0.25, 0.3) is 5.91 Å². The number of pyridine rings is 1. The second-order valence-electron chi connectivity index (χ2n) is 8.09. The molecule has 0 spiro atoms. The lowest BCUT2D eigenvalue weighted by Crippen LogP contribution is -2.13. The minimum Gasteiger partial charge on any atom is -0.434 e. The van der Waals surface area contributed by atoms with Gasteiger partial charge in [-0.1, -0.05) is 35.0 Å². The van der Waals surface area contributed by atoms with Crippen LogP contribution in [0.4, 0.5) is 10.1 Å². The van der Waals surface area contributed by atoms with E-state index in [-0.39, 0.29) is 27.6 Å². The standard InChI is InChI=1S/C26H16ClFN6O3/c1-13-20(23(34-37-13)21-17(27)4-2-5-18(21)28)25(35)31-15-9-7-14(8-10-15)22-16(12-30-33-22)26-32-24-19(36-26)6-3-11-29-24/h2-12H,1H3,(H,30,33)(H,31,35). The minimum absolute atomic E-state index is 0.00249. The van der Waals surface area contributed by atoms with Crippen molar-refractivity contribution >= 4 is 34.4 Å². The Balaban J connectivity index is 1.27. The highest BCUT2D eigenvalue weighted by Gasteiger charge is 2.25. The molecule has 6 aromatic rings. The molecule has 6 rings (SSSR count). The van der Waals surface area contributed by atoms with Crippen LogP contribution in [0.1, 0.15) is 16.1 Å². The van der Waals surface area contributed by atoms with Crippen molar-refractivity contribution in [2.24, 2.45) is 0 Å². The molecule has 11 heteroatoms. The van der Waals surface area contributed by atoms with Crippen LogP contribution >= 0.6 is 11.6 Å². The van der Waals surface area contributed by atoms with Crippen molar-refractivity contribution in [1.29, 1.82) is 0 Å². The molecular formula is C26H16ClFN6O3. The number of benzene rings is 2. The van der Waals surface area contributed by atoms with Crippen LogP contribution in [-0.4, -0.2) is 31.2 Å². The Kier molecular flexibility index (Phi) is 5.50. The summed E-state index contributed by atoms with van der Waals surface area (Å²) in [5.74, 6) is -0.498. The number of carbonyl (C=O) groups is 1. The van der Waals surface area contributed by atoms with Gasteiger partial charge in [-0.25, -0.2) is 9.37 Å². The number of rotatable bonds is 5. The van der Waals surface area contributed by atoms with Gasteiger partial charge in [-0.3, -0.25) is 9.89 Å². The molecule has 0 aliphatic heterocycles. The van der Waals surface area contributed by atoms with Gasteiger partial charge in [-0.05, 0) is 43.3 Å². The molecule has 37 heavy (non-hydrogen) atoms. The van der Waals surface area contributed by atoms with Gasteiger partial charge in [-0.2, -0.15) is 10.1 Å². The molecule has 0 aliphatic carbocycles. The Hall–Kier alpha value is -4.83. The molecule has 0 saturated carbocycles. The zero-order valence-corrected chi connectivity index (χ0v) is 19.9. The number of H-pyrrole nitrogens is 1. The number of aromatic amines is 1. The fraction of sp³-hybridized carbons (Fsp3) is 0.0385. The lowest BCUT2D eigenvalue weighted by atomic mass is 10.0. The molecule has 0 aliphatic rings. The zero-order valence-electron chi connectivity index (χ0n) is 19.1. The van der Waals surface area contributed by atoms with E-state index in [1.807, 2.05) is 12.1 Å². The number of anilines is 1. The average molecular weight is 515 g/mol. The van der Waals surface area contributed by atoms with E-state index in [4.69, 9.17) is 20.5 Å². The maximum Gasteiger partial charge on any atom is 0.261 e. The molecule has 0 atom stereocenters. The van der Waals surface area contributed by atoms with E-state index < -0.39 is 11.7 Å². The van der Waals surface area contributed by atoms with Crippen molar-refractivity contribution in [3.8, 4) is 34.0 Å². The molecule has 4 aromatic heterocycles. The van der Waals surface area contributed by atoms with Crippen LogP contribution in [-0.2, 0) is 0 Å². The molecule has 182 valence electrons. The highest BCUT2D eigenvalue weighted by Crippen LogP contribution is 2.35. The highest BCUT2D eigenvalue weighted by molar-refractivity contribution is 6.33. The quantitative estimate of drug-likeness (QED) is 0.277. The minimum atomic E-state index is -0.607.